The van der Waals surface area contributed by atoms with Crippen molar-refractivity contribution in [3.8, 4) is 10.8 Å². The summed E-state index contributed by atoms with van der Waals surface area (Å²) in [6.45, 7) is 1.34. The first-order valence-corrected chi connectivity index (χ1v) is 7.79. The van der Waals surface area contributed by atoms with E-state index in [0.717, 1.165) is 6.07 Å². The number of halogens is 1. The number of thiazole rings is 1. The van der Waals surface area contributed by atoms with Gasteiger partial charge in [-0.25, -0.2) is 9.37 Å². The second-order valence-electron chi connectivity index (χ2n) is 4.85. The van der Waals surface area contributed by atoms with Crippen LogP contribution in [0.3, 0.4) is 0 Å². The molecule has 1 aromatic carbocycles. The number of hydrogen-bond donors (Lipinski definition) is 2. The van der Waals surface area contributed by atoms with Crippen LogP contribution in [0.2, 0.25) is 0 Å². The van der Waals surface area contributed by atoms with Gasteiger partial charge in [-0.1, -0.05) is 0 Å². The summed E-state index contributed by atoms with van der Waals surface area (Å²) < 4.78 is 19.1. The smallest absolute Gasteiger partial charge is 0.275 e. The molecule has 0 spiro atoms. The highest BCUT2D eigenvalue weighted by Gasteiger charge is 2.15. The summed E-state index contributed by atoms with van der Waals surface area (Å²) >= 11 is 1.25. The molecule has 2 heterocycles. The average Bonchev–Trinajstić information content (AvgIpc) is 3.20. The number of rotatable bonds is 4. The number of furan rings is 1. The molecule has 6 nitrogen and oxygen atoms in total. The van der Waals surface area contributed by atoms with Crippen LogP contribution in [0.1, 0.15) is 17.4 Å². The third kappa shape index (κ3) is 3.49. The normalized spacial score (nSPS) is 10.4. The number of carbonyl (C=O) groups is 2. The number of nitrogens with zero attached hydrogens (tertiary/aromatic N) is 1. The topological polar surface area (TPSA) is 84.2 Å². The van der Waals surface area contributed by atoms with Gasteiger partial charge in [-0.3, -0.25) is 9.59 Å². The predicted octanol–water partition coefficient (Wildman–Crippen LogP) is 3.75. The van der Waals surface area contributed by atoms with Gasteiger partial charge in [0, 0.05) is 18.0 Å². The first-order chi connectivity index (χ1) is 11.5. The lowest BCUT2D eigenvalue weighted by molar-refractivity contribution is -0.114. The summed E-state index contributed by atoms with van der Waals surface area (Å²) in [6.07, 6.45) is 1.51. The lowest BCUT2D eigenvalue weighted by Crippen LogP contribution is -2.14. The van der Waals surface area contributed by atoms with Crippen molar-refractivity contribution in [2.45, 2.75) is 6.92 Å². The van der Waals surface area contributed by atoms with E-state index in [2.05, 4.69) is 15.6 Å². The summed E-state index contributed by atoms with van der Waals surface area (Å²) in [5, 5.41) is 7.08. The van der Waals surface area contributed by atoms with Crippen LogP contribution in [-0.4, -0.2) is 16.8 Å². The zero-order chi connectivity index (χ0) is 17.1. The molecule has 2 aromatic heterocycles. The van der Waals surface area contributed by atoms with Crippen LogP contribution in [0, 0.1) is 5.82 Å². The van der Waals surface area contributed by atoms with Crippen molar-refractivity contribution in [3.63, 3.8) is 0 Å². The fourth-order valence-electron chi connectivity index (χ4n) is 1.98. The first-order valence-electron chi connectivity index (χ1n) is 6.91. The number of aromatic nitrogens is 1. The molecule has 122 valence electrons. The molecule has 0 aliphatic rings. The third-order valence-corrected chi connectivity index (χ3v) is 3.86. The highest BCUT2D eigenvalue weighted by molar-refractivity contribution is 7.13. The van der Waals surface area contributed by atoms with Gasteiger partial charge in [-0.2, -0.15) is 0 Å². The van der Waals surface area contributed by atoms with E-state index in [1.807, 2.05) is 0 Å². The highest BCUT2D eigenvalue weighted by atomic mass is 32.1. The molecule has 0 aliphatic carbocycles. The number of carbonyl (C=O) groups excluding carboxylic acids is 2. The third-order valence-electron chi connectivity index (χ3n) is 3.00. The molecule has 0 fully saturated rings. The van der Waals surface area contributed by atoms with Gasteiger partial charge in [0.05, 0.1) is 12.0 Å². The number of hydrogen-bond acceptors (Lipinski definition) is 5. The fourth-order valence-corrected chi connectivity index (χ4v) is 2.75. The Morgan fingerprint density at radius 3 is 2.79 bits per heavy atom. The van der Waals surface area contributed by atoms with Crippen molar-refractivity contribution in [1.82, 2.24) is 4.98 Å². The van der Waals surface area contributed by atoms with Crippen molar-refractivity contribution >= 4 is 34.5 Å². The quantitative estimate of drug-likeness (QED) is 0.754. The summed E-state index contributed by atoms with van der Waals surface area (Å²) in [5.41, 5.74) is 0.489. The number of nitrogens with one attached hydrogen (secondary N) is 2. The Bertz CT molecular complexity index is 890. The molecule has 24 heavy (non-hydrogen) atoms. The SMILES string of the molecule is CC(=O)Nc1ccc(F)c(NC(=O)c2csc(-c3ccco3)n2)c1. The van der Waals surface area contributed by atoms with E-state index in [-0.39, 0.29) is 17.3 Å². The van der Waals surface area contributed by atoms with Crippen LogP contribution in [0.25, 0.3) is 10.8 Å². The van der Waals surface area contributed by atoms with Crippen molar-refractivity contribution in [3.05, 3.63) is 53.5 Å². The molecule has 3 rings (SSSR count). The van der Waals surface area contributed by atoms with E-state index in [4.69, 9.17) is 4.42 Å². The van der Waals surface area contributed by atoms with Gasteiger partial charge in [-0.15, -0.1) is 11.3 Å². The van der Waals surface area contributed by atoms with Gasteiger partial charge in [-0.05, 0) is 30.3 Å². The molecule has 2 N–H and O–H groups in total. The Kier molecular flexibility index (Phi) is 4.39. The molecule has 0 atom stereocenters. The molecule has 0 aliphatic heterocycles. The zero-order valence-corrected chi connectivity index (χ0v) is 13.3. The second kappa shape index (κ2) is 6.63. The Morgan fingerprint density at radius 1 is 1.25 bits per heavy atom. The minimum absolute atomic E-state index is 0.0428. The van der Waals surface area contributed by atoms with Crippen molar-refractivity contribution < 1.29 is 18.4 Å². The van der Waals surface area contributed by atoms with Crippen LogP contribution >= 0.6 is 11.3 Å². The molecule has 0 bridgehead atoms. The van der Waals surface area contributed by atoms with Gasteiger partial charge in [0.15, 0.2) is 10.8 Å². The Hall–Kier alpha value is -3.00. The fraction of sp³-hybridized carbons (Fsp3) is 0.0625. The molecule has 2 amide bonds. The van der Waals surface area contributed by atoms with E-state index in [9.17, 15) is 14.0 Å². The predicted molar refractivity (Wildman–Crippen MR) is 88.5 cm³/mol. The summed E-state index contributed by atoms with van der Waals surface area (Å²) in [5.74, 6) is -0.902. The van der Waals surface area contributed by atoms with Gasteiger partial charge >= 0.3 is 0 Å². The van der Waals surface area contributed by atoms with E-state index in [0.29, 0.717) is 16.5 Å². The molecule has 8 heteroatoms. The van der Waals surface area contributed by atoms with Crippen LogP contribution in [-0.2, 0) is 4.79 Å². The molecule has 3 aromatic rings. The maximum absolute atomic E-state index is 13.9. The number of benzene rings is 1. The molecule has 0 unspecified atom stereocenters. The van der Waals surface area contributed by atoms with Gasteiger partial charge < -0.3 is 15.1 Å². The number of anilines is 2. The molecule has 0 saturated carbocycles. The molecule has 0 radical (unpaired) electrons. The Balaban J connectivity index is 1.78. The van der Waals surface area contributed by atoms with Crippen LogP contribution < -0.4 is 10.6 Å². The standard InChI is InChI=1S/C16H12FN3O3S/c1-9(21)18-10-4-5-11(17)12(7-10)19-15(22)13-8-24-16(20-13)14-3-2-6-23-14/h2-8H,1H3,(H,18,21)(H,19,22). The van der Waals surface area contributed by atoms with E-state index in [1.54, 1.807) is 17.5 Å². The van der Waals surface area contributed by atoms with Crippen LogP contribution in [0.4, 0.5) is 15.8 Å². The van der Waals surface area contributed by atoms with Crippen molar-refractivity contribution in [2.24, 2.45) is 0 Å². The Morgan fingerprint density at radius 2 is 2.08 bits per heavy atom. The molecular weight excluding hydrogens is 333 g/mol. The lowest BCUT2D eigenvalue weighted by Gasteiger charge is -2.08. The zero-order valence-electron chi connectivity index (χ0n) is 12.5. The van der Waals surface area contributed by atoms with Gasteiger partial charge in [0.1, 0.15) is 11.5 Å². The highest BCUT2D eigenvalue weighted by Crippen LogP contribution is 2.25. The maximum Gasteiger partial charge on any atom is 0.275 e. The van der Waals surface area contributed by atoms with E-state index < -0.39 is 11.7 Å². The monoisotopic (exact) mass is 345 g/mol. The summed E-state index contributed by atoms with van der Waals surface area (Å²) in [6, 6.07) is 7.37. The maximum atomic E-state index is 13.9. The average molecular weight is 345 g/mol. The van der Waals surface area contributed by atoms with Crippen LogP contribution in [0.5, 0.6) is 0 Å². The van der Waals surface area contributed by atoms with Crippen molar-refractivity contribution in [1.29, 1.82) is 0 Å². The second-order valence-corrected chi connectivity index (χ2v) is 5.70. The Labute approximate surface area is 140 Å². The van der Waals surface area contributed by atoms with E-state index >= 15 is 0 Å². The first kappa shape index (κ1) is 15.9. The minimum atomic E-state index is -0.612. The minimum Gasteiger partial charge on any atom is -0.462 e. The van der Waals surface area contributed by atoms with Gasteiger partial charge in [0.25, 0.3) is 5.91 Å². The number of amides is 2. The largest absolute Gasteiger partial charge is 0.462 e. The molecule has 0 saturated heterocycles. The van der Waals surface area contributed by atoms with E-state index in [1.165, 1.54) is 36.7 Å². The van der Waals surface area contributed by atoms with Crippen molar-refractivity contribution in [2.75, 3.05) is 10.6 Å². The van der Waals surface area contributed by atoms with Crippen LogP contribution in [0.15, 0.2) is 46.4 Å². The molecular formula is C16H12FN3O3S. The lowest BCUT2D eigenvalue weighted by atomic mass is 10.2. The van der Waals surface area contributed by atoms with Gasteiger partial charge in [0.2, 0.25) is 5.91 Å². The summed E-state index contributed by atoms with van der Waals surface area (Å²) in [4.78, 5) is 27.5. The summed E-state index contributed by atoms with van der Waals surface area (Å²) in [7, 11) is 0.